The average Bonchev–Trinajstić information content (AvgIpc) is 3.67. The van der Waals surface area contributed by atoms with Crippen LogP contribution in [-0.2, 0) is 29.2 Å². The molecule has 2 aliphatic heterocycles. The summed E-state index contributed by atoms with van der Waals surface area (Å²) in [5.74, 6) is 0.610. The minimum atomic E-state index is -0.404. The highest BCUT2D eigenvalue weighted by atomic mass is 16.5. The lowest BCUT2D eigenvalue weighted by Crippen LogP contribution is -2.34. The number of esters is 1. The molecule has 0 spiro atoms. The zero-order valence-electron chi connectivity index (χ0n) is 27.2. The van der Waals surface area contributed by atoms with Gasteiger partial charge in [0.2, 0.25) is 11.8 Å². The maximum Gasteiger partial charge on any atom is 0.343 e. The van der Waals surface area contributed by atoms with Crippen molar-refractivity contribution in [2.45, 2.75) is 97.4 Å². The van der Waals surface area contributed by atoms with Crippen molar-refractivity contribution in [2.24, 2.45) is 0 Å². The molecule has 4 heterocycles. The lowest BCUT2D eigenvalue weighted by atomic mass is 10.1. The van der Waals surface area contributed by atoms with Gasteiger partial charge in [-0.2, -0.15) is 0 Å². The molecule has 0 N–H and O–H groups in total. The van der Waals surface area contributed by atoms with Gasteiger partial charge in [-0.1, -0.05) is 24.3 Å². The van der Waals surface area contributed by atoms with Crippen LogP contribution < -0.4 is 9.47 Å². The number of ether oxygens (including phenoxy) is 4. The molecule has 2 saturated heterocycles. The Labute approximate surface area is 267 Å². The summed E-state index contributed by atoms with van der Waals surface area (Å²) in [7, 11) is 0. The summed E-state index contributed by atoms with van der Waals surface area (Å²) >= 11 is 0. The minimum absolute atomic E-state index is 0.162. The van der Waals surface area contributed by atoms with Crippen molar-refractivity contribution < 1.29 is 23.7 Å². The summed E-state index contributed by atoms with van der Waals surface area (Å²) < 4.78 is 23.5. The van der Waals surface area contributed by atoms with Crippen LogP contribution in [0.5, 0.6) is 11.8 Å². The largest absolute Gasteiger partial charge is 0.476 e. The molecule has 3 aromatic rings. The standard InChI is InChI=1S/C36H48N4O5/c1-26(2)42-23-30-9-5-17-37-34(30)43-24-31-10-7-19-39(31)21-28-13-15-29(16-14-28)22-40-20-8-11-32(40)25-44-35-33(12-6-18-38-35)36(41)45-27(3)4/h5-6,9,12-18,26-27,31-32H,7-8,10-11,19-25H2,1-4H3. The quantitative estimate of drug-likeness (QED) is 0.189. The minimum Gasteiger partial charge on any atom is -0.476 e. The average molecular weight is 617 g/mol. The third-order valence-electron chi connectivity index (χ3n) is 8.37. The first-order chi connectivity index (χ1) is 21.9. The Kier molecular flexibility index (Phi) is 11.8. The van der Waals surface area contributed by atoms with E-state index in [1.807, 2.05) is 39.8 Å². The van der Waals surface area contributed by atoms with Crippen molar-refractivity contribution in [3.05, 3.63) is 83.2 Å². The van der Waals surface area contributed by atoms with Crippen molar-refractivity contribution in [1.82, 2.24) is 19.8 Å². The number of likely N-dealkylation sites (tertiary alicyclic amines) is 2. The number of nitrogens with zero attached hydrogens (tertiary/aromatic N) is 4. The van der Waals surface area contributed by atoms with Gasteiger partial charge in [-0.25, -0.2) is 14.8 Å². The molecule has 0 radical (unpaired) electrons. The Balaban J connectivity index is 1.11. The summed E-state index contributed by atoms with van der Waals surface area (Å²) in [6.07, 6.45) is 7.87. The Morgan fingerprint density at radius 3 is 1.91 bits per heavy atom. The fraction of sp³-hybridized carbons (Fsp3) is 0.528. The highest BCUT2D eigenvalue weighted by Gasteiger charge is 2.28. The Morgan fingerprint density at radius 2 is 1.33 bits per heavy atom. The molecular formula is C36H48N4O5. The van der Waals surface area contributed by atoms with Crippen molar-refractivity contribution >= 4 is 5.97 Å². The van der Waals surface area contributed by atoms with E-state index in [0.717, 1.165) is 51.0 Å². The molecule has 0 amide bonds. The first-order valence-corrected chi connectivity index (χ1v) is 16.4. The van der Waals surface area contributed by atoms with Gasteiger partial charge in [-0.15, -0.1) is 0 Å². The smallest absolute Gasteiger partial charge is 0.343 e. The number of rotatable bonds is 15. The van der Waals surface area contributed by atoms with E-state index < -0.39 is 5.97 Å². The van der Waals surface area contributed by atoms with E-state index in [-0.39, 0.29) is 18.2 Å². The van der Waals surface area contributed by atoms with Crippen LogP contribution in [0.1, 0.15) is 80.4 Å². The molecule has 1 aromatic carbocycles. The van der Waals surface area contributed by atoms with E-state index in [1.54, 1.807) is 24.5 Å². The summed E-state index contributed by atoms with van der Waals surface area (Å²) in [5, 5.41) is 0. The first kappa shape index (κ1) is 32.9. The predicted octanol–water partition coefficient (Wildman–Crippen LogP) is 6.05. The van der Waals surface area contributed by atoms with Crippen molar-refractivity contribution in [2.75, 3.05) is 26.3 Å². The molecular weight excluding hydrogens is 568 g/mol. The highest BCUT2D eigenvalue weighted by Crippen LogP contribution is 2.25. The van der Waals surface area contributed by atoms with E-state index in [0.29, 0.717) is 43.2 Å². The molecule has 2 fully saturated rings. The van der Waals surface area contributed by atoms with Gasteiger partial charge in [0, 0.05) is 43.1 Å². The summed E-state index contributed by atoms with van der Waals surface area (Å²) in [4.78, 5) is 26.3. The van der Waals surface area contributed by atoms with Gasteiger partial charge in [0.1, 0.15) is 18.8 Å². The topological polar surface area (TPSA) is 86.3 Å². The van der Waals surface area contributed by atoms with Crippen molar-refractivity contribution in [1.29, 1.82) is 0 Å². The van der Waals surface area contributed by atoms with Crippen LogP contribution in [0.15, 0.2) is 60.9 Å². The molecule has 0 aliphatic carbocycles. The maximum atomic E-state index is 12.5. The van der Waals surface area contributed by atoms with Gasteiger partial charge in [0.05, 0.1) is 18.8 Å². The van der Waals surface area contributed by atoms with E-state index >= 15 is 0 Å². The van der Waals surface area contributed by atoms with Crippen LogP contribution in [-0.4, -0.2) is 76.3 Å². The molecule has 2 aliphatic rings. The number of hydrogen-bond acceptors (Lipinski definition) is 9. The molecule has 9 heteroatoms. The number of carbonyl (C=O) groups excluding carboxylic acids is 1. The van der Waals surface area contributed by atoms with Crippen molar-refractivity contribution in [3.63, 3.8) is 0 Å². The van der Waals surface area contributed by atoms with Crippen LogP contribution in [0.3, 0.4) is 0 Å². The monoisotopic (exact) mass is 616 g/mol. The number of benzene rings is 1. The van der Waals surface area contributed by atoms with Gasteiger partial charge in [0.15, 0.2) is 0 Å². The molecule has 5 rings (SSSR count). The van der Waals surface area contributed by atoms with E-state index in [4.69, 9.17) is 18.9 Å². The first-order valence-electron chi connectivity index (χ1n) is 16.4. The van der Waals surface area contributed by atoms with Crippen LogP contribution in [0.2, 0.25) is 0 Å². The zero-order valence-corrected chi connectivity index (χ0v) is 27.2. The van der Waals surface area contributed by atoms with Gasteiger partial charge in [-0.05, 0) is 102 Å². The number of carbonyl (C=O) groups is 1. The third kappa shape index (κ3) is 9.48. The van der Waals surface area contributed by atoms with Crippen LogP contribution in [0, 0.1) is 0 Å². The maximum absolute atomic E-state index is 12.5. The predicted molar refractivity (Wildman–Crippen MR) is 173 cm³/mol. The SMILES string of the molecule is CC(C)OCc1cccnc1OCC1CCCN1Cc1ccc(CN2CCCC2COc2ncccc2C(=O)OC(C)C)cc1. The lowest BCUT2D eigenvalue weighted by Gasteiger charge is -2.26. The van der Waals surface area contributed by atoms with Gasteiger partial charge < -0.3 is 18.9 Å². The van der Waals surface area contributed by atoms with E-state index in [9.17, 15) is 4.79 Å². The molecule has 45 heavy (non-hydrogen) atoms. The van der Waals surface area contributed by atoms with Gasteiger partial charge in [-0.3, -0.25) is 9.80 Å². The lowest BCUT2D eigenvalue weighted by molar-refractivity contribution is 0.0370. The summed E-state index contributed by atoms with van der Waals surface area (Å²) in [5.41, 5.74) is 3.96. The second kappa shape index (κ2) is 16.2. The molecule has 9 nitrogen and oxygen atoms in total. The van der Waals surface area contributed by atoms with Crippen LogP contribution in [0.4, 0.5) is 0 Å². The normalized spacial score (nSPS) is 19.0. The Hall–Kier alpha value is -3.53. The second-order valence-electron chi connectivity index (χ2n) is 12.6. The zero-order chi connectivity index (χ0) is 31.6. The van der Waals surface area contributed by atoms with Crippen LogP contribution >= 0.6 is 0 Å². The van der Waals surface area contributed by atoms with Gasteiger partial charge in [0.25, 0.3) is 0 Å². The summed E-state index contributed by atoms with van der Waals surface area (Å²) in [6, 6.07) is 17.0. The summed E-state index contributed by atoms with van der Waals surface area (Å²) in [6.45, 7) is 13.2. The Morgan fingerprint density at radius 1 is 0.778 bits per heavy atom. The molecule has 242 valence electrons. The fourth-order valence-corrected chi connectivity index (χ4v) is 6.01. The van der Waals surface area contributed by atoms with Gasteiger partial charge >= 0.3 is 5.97 Å². The Bertz CT molecular complexity index is 1370. The molecule has 2 atom stereocenters. The van der Waals surface area contributed by atoms with Crippen molar-refractivity contribution in [3.8, 4) is 11.8 Å². The number of aromatic nitrogens is 2. The van der Waals surface area contributed by atoms with Crippen LogP contribution in [0.25, 0.3) is 0 Å². The molecule has 0 saturated carbocycles. The van der Waals surface area contributed by atoms with E-state index in [1.165, 1.54) is 17.5 Å². The number of pyridine rings is 2. The molecule has 2 aromatic heterocycles. The highest BCUT2D eigenvalue weighted by molar-refractivity contribution is 5.91. The molecule has 2 unspecified atom stereocenters. The third-order valence-corrected chi connectivity index (χ3v) is 8.37. The molecule has 0 bridgehead atoms. The number of hydrogen-bond donors (Lipinski definition) is 0. The second-order valence-corrected chi connectivity index (χ2v) is 12.6. The fourth-order valence-electron chi connectivity index (χ4n) is 6.01. The van der Waals surface area contributed by atoms with E-state index in [2.05, 4.69) is 44.0 Å².